The summed E-state index contributed by atoms with van der Waals surface area (Å²) in [4.78, 5) is 28.1. The Balaban J connectivity index is 1.26. The molecule has 160 valence electrons. The Morgan fingerprint density at radius 2 is 1.81 bits per heavy atom. The average Bonchev–Trinajstić information content (AvgIpc) is 3.15. The van der Waals surface area contributed by atoms with Gasteiger partial charge in [-0.05, 0) is 48.4 Å². The number of aryl methyl sites for hydroxylation is 1. The normalized spacial score (nSPS) is 14.7. The number of carbonyl (C=O) groups excluding carboxylic acids is 2. The first-order chi connectivity index (χ1) is 14.9. The summed E-state index contributed by atoms with van der Waals surface area (Å²) in [7, 11) is 1.69. The van der Waals surface area contributed by atoms with Crippen LogP contribution in [0.1, 0.15) is 22.8 Å². The molecule has 1 aliphatic heterocycles. The zero-order chi connectivity index (χ0) is 22.0. The lowest BCUT2D eigenvalue weighted by molar-refractivity contribution is -0.129. The second kappa shape index (κ2) is 8.63. The van der Waals surface area contributed by atoms with Crippen molar-refractivity contribution in [2.24, 2.45) is 13.0 Å². The van der Waals surface area contributed by atoms with E-state index in [0.717, 1.165) is 11.1 Å². The van der Waals surface area contributed by atoms with E-state index in [0.29, 0.717) is 30.9 Å². The van der Waals surface area contributed by atoms with E-state index in [2.05, 4.69) is 20.7 Å². The first-order valence-electron chi connectivity index (χ1n) is 10.1. The van der Waals surface area contributed by atoms with Gasteiger partial charge in [0.05, 0.1) is 13.0 Å². The molecule has 2 aromatic carbocycles. The number of tetrazole rings is 1. The number of rotatable bonds is 6. The molecule has 1 N–H and O–H groups in total. The van der Waals surface area contributed by atoms with E-state index in [1.807, 2.05) is 6.92 Å². The Bertz CT molecular complexity index is 1070. The smallest absolute Gasteiger partial charge is 0.253 e. The van der Waals surface area contributed by atoms with Crippen molar-refractivity contribution >= 4 is 11.8 Å². The van der Waals surface area contributed by atoms with Crippen molar-refractivity contribution in [3.05, 3.63) is 65.5 Å². The summed E-state index contributed by atoms with van der Waals surface area (Å²) in [6.45, 7) is 2.69. The summed E-state index contributed by atoms with van der Waals surface area (Å²) in [6, 6.07) is 13.2. The summed E-state index contributed by atoms with van der Waals surface area (Å²) >= 11 is 0. The molecule has 1 saturated heterocycles. The van der Waals surface area contributed by atoms with E-state index < -0.39 is 0 Å². The largest absolute Gasteiger partial charge is 0.353 e. The second-order valence-electron chi connectivity index (χ2n) is 7.83. The number of nitrogens with zero attached hydrogens (tertiary/aromatic N) is 5. The highest BCUT2D eigenvalue weighted by Crippen LogP contribution is 2.21. The van der Waals surface area contributed by atoms with Crippen LogP contribution in [0.5, 0.6) is 0 Å². The number of halogens is 1. The lowest BCUT2D eigenvalue weighted by Crippen LogP contribution is -2.56. The summed E-state index contributed by atoms with van der Waals surface area (Å²) < 4.78 is 13.0. The molecule has 2 amide bonds. The van der Waals surface area contributed by atoms with Crippen molar-refractivity contribution in [2.45, 2.75) is 19.4 Å². The molecule has 31 heavy (non-hydrogen) atoms. The van der Waals surface area contributed by atoms with Gasteiger partial charge >= 0.3 is 0 Å². The summed E-state index contributed by atoms with van der Waals surface area (Å²) in [5.41, 5.74) is 2.29. The highest BCUT2D eigenvalue weighted by molar-refractivity contribution is 5.96. The van der Waals surface area contributed by atoms with Gasteiger partial charge in [0.15, 0.2) is 0 Å². The lowest BCUT2D eigenvalue weighted by atomic mass is 9.96. The van der Waals surface area contributed by atoms with Crippen LogP contribution in [0.15, 0.2) is 48.5 Å². The monoisotopic (exact) mass is 422 g/mol. The summed E-state index contributed by atoms with van der Waals surface area (Å²) in [5, 5.41) is 14.9. The third-order valence-electron chi connectivity index (χ3n) is 5.28. The molecule has 1 aromatic heterocycles. The quantitative estimate of drug-likeness (QED) is 0.654. The van der Waals surface area contributed by atoms with Crippen molar-refractivity contribution in [3.63, 3.8) is 0 Å². The van der Waals surface area contributed by atoms with Crippen molar-refractivity contribution in [1.82, 2.24) is 30.4 Å². The molecule has 0 saturated carbocycles. The average molecular weight is 422 g/mol. The third-order valence-corrected chi connectivity index (χ3v) is 5.28. The Hall–Kier alpha value is -3.62. The van der Waals surface area contributed by atoms with Gasteiger partial charge in [-0.2, -0.15) is 4.80 Å². The number of likely N-dealkylation sites (tertiary alicyclic amines) is 1. The molecule has 1 fully saturated rings. The van der Waals surface area contributed by atoms with Crippen LogP contribution in [0.3, 0.4) is 0 Å². The van der Waals surface area contributed by atoms with Gasteiger partial charge in [0.25, 0.3) is 5.91 Å². The number of amides is 2. The van der Waals surface area contributed by atoms with E-state index in [4.69, 9.17) is 0 Å². The van der Waals surface area contributed by atoms with Crippen molar-refractivity contribution in [2.75, 3.05) is 13.1 Å². The predicted octanol–water partition coefficient (Wildman–Crippen LogP) is 1.84. The molecule has 1 atom stereocenters. The van der Waals surface area contributed by atoms with E-state index in [1.165, 1.54) is 16.9 Å². The fraction of sp³-hybridized carbons (Fsp3) is 0.318. The molecule has 8 nitrogen and oxygen atoms in total. The standard InChI is InChI=1S/C22H23FN6O2/c1-14(11-15-3-9-19(23)10-4-15)24-21(30)18-12-29(13-18)22(31)17-7-5-16(6-8-17)20-25-27-28(2)26-20/h3-10,14,18H,11-13H2,1-2H3,(H,24,30). The topological polar surface area (TPSA) is 93.0 Å². The van der Waals surface area contributed by atoms with Crippen LogP contribution in [-0.2, 0) is 18.3 Å². The zero-order valence-electron chi connectivity index (χ0n) is 17.3. The number of nitrogens with one attached hydrogen (secondary N) is 1. The number of hydrogen-bond donors (Lipinski definition) is 1. The van der Waals surface area contributed by atoms with Gasteiger partial charge < -0.3 is 10.2 Å². The maximum atomic E-state index is 13.0. The van der Waals surface area contributed by atoms with Gasteiger partial charge in [-0.1, -0.05) is 24.3 Å². The highest BCUT2D eigenvalue weighted by atomic mass is 19.1. The predicted molar refractivity (Wildman–Crippen MR) is 111 cm³/mol. The molecular weight excluding hydrogens is 399 g/mol. The van der Waals surface area contributed by atoms with Crippen molar-refractivity contribution in [1.29, 1.82) is 0 Å². The third kappa shape index (κ3) is 4.76. The first-order valence-corrected chi connectivity index (χ1v) is 10.1. The van der Waals surface area contributed by atoms with E-state index in [1.54, 1.807) is 48.3 Å². The molecule has 4 rings (SSSR count). The van der Waals surface area contributed by atoms with Crippen molar-refractivity contribution in [3.8, 4) is 11.4 Å². The highest BCUT2D eigenvalue weighted by Gasteiger charge is 2.36. The van der Waals surface area contributed by atoms with Crippen LogP contribution in [0.25, 0.3) is 11.4 Å². The molecule has 2 heterocycles. The van der Waals surface area contributed by atoms with Crippen LogP contribution < -0.4 is 5.32 Å². The van der Waals surface area contributed by atoms with Gasteiger partial charge in [0.1, 0.15) is 5.82 Å². The Morgan fingerprint density at radius 3 is 2.42 bits per heavy atom. The fourth-order valence-electron chi connectivity index (χ4n) is 3.54. The van der Waals surface area contributed by atoms with E-state index >= 15 is 0 Å². The van der Waals surface area contributed by atoms with Crippen molar-refractivity contribution < 1.29 is 14.0 Å². The number of hydrogen-bond acceptors (Lipinski definition) is 5. The zero-order valence-corrected chi connectivity index (χ0v) is 17.3. The van der Waals surface area contributed by atoms with Gasteiger partial charge in [-0.25, -0.2) is 4.39 Å². The molecule has 9 heteroatoms. The minimum atomic E-state index is -0.278. The maximum absolute atomic E-state index is 13.0. The van der Waals surface area contributed by atoms with Gasteiger partial charge in [-0.3, -0.25) is 9.59 Å². The summed E-state index contributed by atoms with van der Waals surface area (Å²) in [6.07, 6.45) is 0.619. The first kappa shape index (κ1) is 20.6. The van der Waals surface area contributed by atoms with E-state index in [-0.39, 0.29) is 29.6 Å². The van der Waals surface area contributed by atoms with Gasteiger partial charge in [0.2, 0.25) is 11.7 Å². The molecule has 1 unspecified atom stereocenters. The van der Waals surface area contributed by atoms with Crippen LogP contribution in [0, 0.1) is 11.7 Å². The Labute approximate surface area is 179 Å². The second-order valence-corrected chi connectivity index (χ2v) is 7.83. The van der Waals surface area contributed by atoms with Crippen LogP contribution >= 0.6 is 0 Å². The molecular formula is C22H23FN6O2. The molecule has 1 aliphatic rings. The maximum Gasteiger partial charge on any atom is 0.253 e. The molecule has 0 radical (unpaired) electrons. The van der Waals surface area contributed by atoms with E-state index in [9.17, 15) is 14.0 Å². The SMILES string of the molecule is CC(Cc1ccc(F)cc1)NC(=O)C1CN(C(=O)c2ccc(-c3nnn(C)n3)cc2)C1. The Kier molecular flexibility index (Phi) is 5.75. The van der Waals surface area contributed by atoms with Gasteiger partial charge in [0, 0.05) is 30.3 Å². The number of carbonyl (C=O) groups is 2. The molecule has 0 aliphatic carbocycles. The van der Waals surface area contributed by atoms with Gasteiger partial charge in [-0.15, -0.1) is 10.2 Å². The van der Waals surface area contributed by atoms with Crippen LogP contribution in [0.2, 0.25) is 0 Å². The Morgan fingerprint density at radius 1 is 1.13 bits per heavy atom. The lowest BCUT2D eigenvalue weighted by Gasteiger charge is -2.38. The minimum Gasteiger partial charge on any atom is -0.353 e. The fourth-order valence-corrected chi connectivity index (χ4v) is 3.54. The van der Waals surface area contributed by atoms with Crippen LogP contribution in [0.4, 0.5) is 4.39 Å². The minimum absolute atomic E-state index is 0.0669. The molecule has 0 spiro atoms. The number of aromatic nitrogens is 4. The van der Waals surface area contributed by atoms with Crippen LogP contribution in [-0.4, -0.2) is 56.1 Å². The summed E-state index contributed by atoms with van der Waals surface area (Å²) in [5.74, 6) is -0.177. The number of benzene rings is 2. The molecule has 0 bridgehead atoms. The molecule has 3 aromatic rings.